The Morgan fingerprint density at radius 1 is 1.69 bits per heavy atom. The smallest absolute Gasteiger partial charge is 0.328 e. The number of ether oxygens (including phenoxy) is 1. The van der Waals surface area contributed by atoms with E-state index in [1.54, 1.807) is 18.3 Å². The van der Waals surface area contributed by atoms with Crippen molar-refractivity contribution in [3.63, 3.8) is 0 Å². The molecule has 0 bridgehead atoms. The van der Waals surface area contributed by atoms with Crippen molar-refractivity contribution in [3.05, 3.63) is 30.0 Å². The number of hydrogen-bond donors (Lipinski definition) is 1. The SMILES string of the molecule is COc1ncccc1C=CC(=O)O. The summed E-state index contributed by atoms with van der Waals surface area (Å²) in [6, 6.07) is 3.44. The summed E-state index contributed by atoms with van der Waals surface area (Å²) in [5, 5.41) is 8.39. The van der Waals surface area contributed by atoms with E-state index in [-0.39, 0.29) is 0 Å². The Labute approximate surface area is 75.5 Å². The van der Waals surface area contributed by atoms with Crippen molar-refractivity contribution in [2.24, 2.45) is 0 Å². The summed E-state index contributed by atoms with van der Waals surface area (Å²) in [6.45, 7) is 0. The van der Waals surface area contributed by atoms with E-state index in [0.717, 1.165) is 6.08 Å². The average Bonchev–Trinajstić information content (AvgIpc) is 2.15. The topological polar surface area (TPSA) is 59.4 Å². The molecule has 13 heavy (non-hydrogen) atoms. The van der Waals surface area contributed by atoms with Crippen LogP contribution in [-0.4, -0.2) is 23.2 Å². The highest BCUT2D eigenvalue weighted by Crippen LogP contribution is 2.14. The number of pyridine rings is 1. The second kappa shape index (κ2) is 4.25. The lowest BCUT2D eigenvalue weighted by atomic mass is 10.2. The molecule has 0 unspecified atom stereocenters. The van der Waals surface area contributed by atoms with Gasteiger partial charge in [0, 0.05) is 17.8 Å². The Bertz CT molecular complexity index is 333. The van der Waals surface area contributed by atoms with E-state index < -0.39 is 5.97 Å². The van der Waals surface area contributed by atoms with Gasteiger partial charge in [-0.05, 0) is 18.2 Å². The van der Waals surface area contributed by atoms with Gasteiger partial charge in [0.1, 0.15) is 0 Å². The zero-order chi connectivity index (χ0) is 9.68. The molecule has 4 nitrogen and oxygen atoms in total. The lowest BCUT2D eigenvalue weighted by Crippen LogP contribution is -1.91. The van der Waals surface area contributed by atoms with Gasteiger partial charge in [-0.3, -0.25) is 0 Å². The number of rotatable bonds is 3. The molecule has 0 radical (unpaired) electrons. The molecule has 1 aromatic heterocycles. The Balaban J connectivity index is 2.93. The van der Waals surface area contributed by atoms with E-state index >= 15 is 0 Å². The maximum Gasteiger partial charge on any atom is 0.328 e. The molecule has 1 rings (SSSR count). The molecule has 0 aromatic carbocycles. The van der Waals surface area contributed by atoms with Crippen LogP contribution in [-0.2, 0) is 4.79 Å². The Morgan fingerprint density at radius 3 is 3.08 bits per heavy atom. The molecule has 68 valence electrons. The van der Waals surface area contributed by atoms with E-state index in [2.05, 4.69) is 4.98 Å². The van der Waals surface area contributed by atoms with Crippen molar-refractivity contribution in [1.29, 1.82) is 0 Å². The number of nitrogens with zero attached hydrogens (tertiary/aromatic N) is 1. The van der Waals surface area contributed by atoms with Crippen LogP contribution in [0.1, 0.15) is 5.56 Å². The van der Waals surface area contributed by atoms with Gasteiger partial charge in [-0.25, -0.2) is 9.78 Å². The van der Waals surface area contributed by atoms with Gasteiger partial charge in [0.2, 0.25) is 5.88 Å². The Kier molecular flexibility index (Phi) is 3.03. The van der Waals surface area contributed by atoms with Gasteiger partial charge in [-0.2, -0.15) is 0 Å². The minimum absolute atomic E-state index is 0.417. The molecule has 4 heteroatoms. The number of methoxy groups -OCH3 is 1. The van der Waals surface area contributed by atoms with Crippen molar-refractivity contribution in [2.45, 2.75) is 0 Å². The predicted octanol–water partition coefficient (Wildman–Crippen LogP) is 1.19. The second-order valence-electron chi connectivity index (χ2n) is 2.27. The number of hydrogen-bond acceptors (Lipinski definition) is 3. The van der Waals surface area contributed by atoms with Crippen LogP contribution >= 0.6 is 0 Å². The Hall–Kier alpha value is -1.84. The quantitative estimate of drug-likeness (QED) is 0.708. The van der Waals surface area contributed by atoms with Crippen LogP contribution in [0.5, 0.6) is 5.88 Å². The van der Waals surface area contributed by atoms with Crippen molar-refractivity contribution in [2.75, 3.05) is 7.11 Å². The van der Waals surface area contributed by atoms with Gasteiger partial charge in [-0.1, -0.05) is 0 Å². The zero-order valence-electron chi connectivity index (χ0n) is 7.10. The van der Waals surface area contributed by atoms with Gasteiger partial charge in [0.25, 0.3) is 0 Å². The minimum atomic E-state index is -0.995. The standard InChI is InChI=1S/C9H9NO3/c1-13-9-7(3-2-6-10-9)4-5-8(11)12/h2-6H,1H3,(H,11,12). The summed E-state index contributed by atoms with van der Waals surface area (Å²) in [6.07, 6.45) is 4.06. The highest BCUT2D eigenvalue weighted by atomic mass is 16.5. The van der Waals surface area contributed by atoms with E-state index in [1.807, 2.05) is 0 Å². The molecule has 1 N–H and O–H groups in total. The molecule has 0 spiro atoms. The molecule has 0 aliphatic rings. The predicted molar refractivity (Wildman–Crippen MR) is 47.5 cm³/mol. The van der Waals surface area contributed by atoms with Gasteiger partial charge in [0.15, 0.2) is 0 Å². The van der Waals surface area contributed by atoms with E-state index in [1.165, 1.54) is 13.2 Å². The molecule has 1 aromatic rings. The first-order chi connectivity index (χ1) is 6.24. The van der Waals surface area contributed by atoms with Crippen LogP contribution in [0, 0.1) is 0 Å². The summed E-state index contributed by atoms with van der Waals surface area (Å²) in [5.41, 5.74) is 0.646. The first-order valence-electron chi connectivity index (χ1n) is 3.64. The third-order valence-electron chi connectivity index (χ3n) is 1.40. The van der Waals surface area contributed by atoms with Crippen LogP contribution < -0.4 is 4.74 Å². The number of carbonyl (C=O) groups is 1. The molecule has 1 heterocycles. The van der Waals surface area contributed by atoms with E-state index in [9.17, 15) is 4.79 Å². The number of aliphatic carboxylic acids is 1. The number of carboxylic acid groups (broad SMARTS) is 1. The molecule has 0 amide bonds. The van der Waals surface area contributed by atoms with Gasteiger partial charge in [0.05, 0.1) is 7.11 Å². The molecule has 0 atom stereocenters. The van der Waals surface area contributed by atoms with Crippen molar-refractivity contribution < 1.29 is 14.6 Å². The average molecular weight is 179 g/mol. The summed E-state index contributed by atoms with van der Waals surface area (Å²) in [5.74, 6) is -0.578. The highest BCUT2D eigenvalue weighted by Gasteiger charge is 1.98. The third kappa shape index (κ3) is 2.59. The minimum Gasteiger partial charge on any atom is -0.481 e. The lowest BCUT2D eigenvalue weighted by Gasteiger charge is -2.00. The first-order valence-corrected chi connectivity index (χ1v) is 3.64. The van der Waals surface area contributed by atoms with Gasteiger partial charge >= 0.3 is 5.97 Å². The molecule has 0 fully saturated rings. The molecule has 0 saturated heterocycles. The molecular formula is C9H9NO3. The van der Waals surface area contributed by atoms with Gasteiger partial charge < -0.3 is 9.84 Å². The van der Waals surface area contributed by atoms with Crippen LogP contribution in [0.25, 0.3) is 6.08 Å². The fraction of sp³-hybridized carbons (Fsp3) is 0.111. The van der Waals surface area contributed by atoms with Crippen molar-refractivity contribution in [3.8, 4) is 5.88 Å². The largest absolute Gasteiger partial charge is 0.481 e. The fourth-order valence-electron chi connectivity index (χ4n) is 0.862. The summed E-state index contributed by atoms with van der Waals surface area (Å²) < 4.78 is 4.92. The van der Waals surface area contributed by atoms with Crippen molar-refractivity contribution in [1.82, 2.24) is 4.98 Å². The zero-order valence-corrected chi connectivity index (χ0v) is 7.10. The molecular weight excluding hydrogens is 170 g/mol. The maximum absolute atomic E-state index is 10.2. The van der Waals surface area contributed by atoms with Crippen LogP contribution in [0.15, 0.2) is 24.4 Å². The maximum atomic E-state index is 10.2. The lowest BCUT2D eigenvalue weighted by molar-refractivity contribution is -0.131. The van der Waals surface area contributed by atoms with Gasteiger partial charge in [-0.15, -0.1) is 0 Å². The second-order valence-corrected chi connectivity index (χ2v) is 2.27. The monoisotopic (exact) mass is 179 g/mol. The van der Waals surface area contributed by atoms with Crippen LogP contribution in [0.2, 0.25) is 0 Å². The molecule has 0 saturated carbocycles. The first kappa shape index (κ1) is 9.25. The highest BCUT2D eigenvalue weighted by molar-refractivity contribution is 5.85. The fourth-order valence-corrected chi connectivity index (χ4v) is 0.862. The van der Waals surface area contributed by atoms with E-state index in [0.29, 0.717) is 11.4 Å². The molecule has 0 aliphatic heterocycles. The number of aromatic nitrogens is 1. The summed E-state index contributed by atoms with van der Waals surface area (Å²) in [7, 11) is 1.49. The molecule has 0 aliphatic carbocycles. The third-order valence-corrected chi connectivity index (χ3v) is 1.40. The van der Waals surface area contributed by atoms with E-state index in [4.69, 9.17) is 9.84 Å². The summed E-state index contributed by atoms with van der Waals surface area (Å²) >= 11 is 0. The normalized spacial score (nSPS) is 10.2. The van der Waals surface area contributed by atoms with Crippen molar-refractivity contribution >= 4 is 12.0 Å². The van der Waals surface area contributed by atoms with Crippen LogP contribution in [0.3, 0.4) is 0 Å². The number of carboxylic acids is 1. The van der Waals surface area contributed by atoms with Crippen LogP contribution in [0.4, 0.5) is 0 Å². The Morgan fingerprint density at radius 2 is 2.46 bits per heavy atom. The summed E-state index contributed by atoms with van der Waals surface area (Å²) in [4.78, 5) is 14.1.